The highest BCUT2D eigenvalue weighted by Gasteiger charge is 2.38. The molecule has 0 aliphatic heterocycles. The summed E-state index contributed by atoms with van der Waals surface area (Å²) in [4.78, 5) is 16.7. The molecular weight excluding hydrogens is 437 g/mol. The molecule has 2 N–H and O–H groups in total. The van der Waals surface area contributed by atoms with Gasteiger partial charge in [0.1, 0.15) is 17.8 Å². The number of nitrogens with one attached hydrogen (secondary N) is 2. The van der Waals surface area contributed by atoms with E-state index in [1.807, 2.05) is 10.6 Å². The highest BCUT2D eigenvalue weighted by Crippen LogP contribution is 2.28. The van der Waals surface area contributed by atoms with Crippen LogP contribution in [0.5, 0.6) is 0 Å². The van der Waals surface area contributed by atoms with Gasteiger partial charge in [-0.3, -0.25) is 0 Å². The van der Waals surface area contributed by atoms with Gasteiger partial charge in [0, 0.05) is 6.20 Å². The second-order valence-corrected chi connectivity index (χ2v) is 5.88. The van der Waals surface area contributed by atoms with Gasteiger partial charge in [-0.25, -0.2) is 9.97 Å². The minimum atomic E-state index is -4.96. The fourth-order valence-corrected chi connectivity index (χ4v) is 1.79. The first-order valence-electron chi connectivity index (χ1n) is 7.90. The molecule has 30 heavy (non-hydrogen) atoms. The van der Waals surface area contributed by atoms with Crippen molar-refractivity contribution in [3.63, 3.8) is 0 Å². The second kappa shape index (κ2) is 8.06. The summed E-state index contributed by atoms with van der Waals surface area (Å²) in [6.07, 6.45) is -13.8. The fraction of sp³-hybridized carbons (Fsp3) is 0.500. The number of alkyl halides is 9. The van der Waals surface area contributed by atoms with Crippen LogP contribution in [-0.4, -0.2) is 49.4 Å². The molecule has 0 fully saturated rings. The van der Waals surface area contributed by atoms with Crippen LogP contribution in [0.25, 0.3) is 11.5 Å². The number of hydrogen-bond donors (Lipinski definition) is 2. The number of rotatable bonds is 5. The molecule has 0 aromatic carbocycles. The van der Waals surface area contributed by atoms with Crippen molar-refractivity contribution >= 4 is 11.9 Å². The number of nitrogens with zero attached hydrogens (tertiary/aromatic N) is 5. The molecule has 7 nitrogen and oxygen atoms in total. The van der Waals surface area contributed by atoms with Crippen molar-refractivity contribution in [3.8, 4) is 11.5 Å². The van der Waals surface area contributed by atoms with Crippen LogP contribution in [0.3, 0.4) is 0 Å². The first-order valence-corrected chi connectivity index (χ1v) is 7.90. The highest BCUT2D eigenvalue weighted by molar-refractivity contribution is 5.53. The quantitative estimate of drug-likeness (QED) is 0.666. The molecule has 0 saturated carbocycles. The van der Waals surface area contributed by atoms with E-state index in [1.54, 1.807) is 0 Å². The van der Waals surface area contributed by atoms with Crippen molar-refractivity contribution < 1.29 is 39.5 Å². The smallest absolute Gasteiger partial charge is 0.343 e. The van der Waals surface area contributed by atoms with E-state index in [9.17, 15) is 39.5 Å². The summed E-state index contributed by atoms with van der Waals surface area (Å²) >= 11 is 0. The Morgan fingerprint density at radius 1 is 0.733 bits per heavy atom. The van der Waals surface area contributed by atoms with E-state index < -0.39 is 59.9 Å². The first-order chi connectivity index (χ1) is 13.6. The van der Waals surface area contributed by atoms with E-state index in [2.05, 4.69) is 24.9 Å². The van der Waals surface area contributed by atoms with Crippen molar-refractivity contribution in [2.24, 2.45) is 0 Å². The highest BCUT2D eigenvalue weighted by atomic mass is 19.4. The fourth-order valence-electron chi connectivity index (χ4n) is 1.79. The van der Waals surface area contributed by atoms with Crippen LogP contribution < -0.4 is 10.6 Å². The Hall–Kier alpha value is -2.94. The monoisotopic (exact) mass is 449 g/mol. The number of halogens is 9. The van der Waals surface area contributed by atoms with Crippen LogP contribution in [0.4, 0.5) is 51.4 Å². The first kappa shape index (κ1) is 23.3. The lowest BCUT2D eigenvalue weighted by atomic mass is 10.3. The molecule has 16 heteroatoms. The summed E-state index contributed by atoms with van der Waals surface area (Å²) in [6, 6.07) is -3.55. The van der Waals surface area contributed by atoms with Crippen LogP contribution in [0.1, 0.15) is 19.7 Å². The second-order valence-electron chi connectivity index (χ2n) is 5.88. The lowest BCUT2D eigenvalue weighted by molar-refractivity contribution is -0.145. The van der Waals surface area contributed by atoms with Gasteiger partial charge in [0.15, 0.2) is 5.82 Å². The summed E-state index contributed by atoms with van der Waals surface area (Å²) in [7, 11) is 0. The number of hydrogen-bond acceptors (Lipinski definition) is 7. The molecule has 0 bridgehead atoms. The van der Waals surface area contributed by atoms with E-state index in [-0.39, 0.29) is 0 Å². The molecule has 0 spiro atoms. The third-order valence-electron chi connectivity index (χ3n) is 3.45. The maximum atomic E-state index is 12.8. The third-order valence-corrected chi connectivity index (χ3v) is 3.45. The summed E-state index contributed by atoms with van der Waals surface area (Å²) in [5, 5.41) is 3.63. The van der Waals surface area contributed by atoms with Gasteiger partial charge in [-0.2, -0.15) is 54.5 Å². The largest absolute Gasteiger partial charge is 0.451 e. The van der Waals surface area contributed by atoms with Crippen LogP contribution in [0, 0.1) is 0 Å². The van der Waals surface area contributed by atoms with E-state index in [1.165, 1.54) is 0 Å². The average molecular weight is 449 g/mol. The summed E-state index contributed by atoms with van der Waals surface area (Å²) in [6.45, 7) is 1.36. The molecule has 0 amide bonds. The van der Waals surface area contributed by atoms with E-state index in [4.69, 9.17) is 0 Å². The summed E-state index contributed by atoms with van der Waals surface area (Å²) in [5.41, 5.74) is -0.592. The Kier molecular flexibility index (Phi) is 6.27. The SMILES string of the molecule is CC(Nc1nc(NC(C)C(F)(F)F)nc(-c2ccnc(C(F)(F)F)n2)n1)C(F)(F)F. The van der Waals surface area contributed by atoms with Crippen LogP contribution in [0.15, 0.2) is 12.3 Å². The normalized spacial score (nSPS) is 14.9. The minimum absolute atomic E-state index is 0.592. The van der Waals surface area contributed by atoms with Gasteiger partial charge in [-0.15, -0.1) is 0 Å². The van der Waals surface area contributed by atoms with Gasteiger partial charge in [0.25, 0.3) is 0 Å². The van der Waals surface area contributed by atoms with Crippen molar-refractivity contribution in [1.82, 2.24) is 24.9 Å². The Bertz CT molecular complexity index is 839. The minimum Gasteiger partial charge on any atom is -0.343 e. The van der Waals surface area contributed by atoms with Gasteiger partial charge in [0.2, 0.25) is 17.7 Å². The van der Waals surface area contributed by atoms with Gasteiger partial charge >= 0.3 is 18.5 Å². The van der Waals surface area contributed by atoms with E-state index in [0.717, 1.165) is 6.07 Å². The molecule has 166 valence electrons. The molecule has 0 aliphatic rings. The predicted octanol–water partition coefficient (Wildman–Crippen LogP) is 4.07. The van der Waals surface area contributed by atoms with Crippen molar-refractivity contribution in [2.45, 2.75) is 44.5 Å². The molecule has 2 atom stereocenters. The van der Waals surface area contributed by atoms with Crippen LogP contribution in [0.2, 0.25) is 0 Å². The number of aromatic nitrogens is 5. The van der Waals surface area contributed by atoms with Crippen molar-refractivity contribution in [2.75, 3.05) is 10.6 Å². The number of anilines is 2. The zero-order valence-electron chi connectivity index (χ0n) is 14.9. The molecule has 0 saturated heterocycles. The Labute approximate surface area is 162 Å². The molecule has 2 heterocycles. The predicted molar refractivity (Wildman–Crippen MR) is 84.1 cm³/mol. The Balaban J connectivity index is 2.51. The molecule has 0 aliphatic carbocycles. The van der Waals surface area contributed by atoms with Crippen molar-refractivity contribution in [1.29, 1.82) is 0 Å². The average Bonchev–Trinajstić information content (AvgIpc) is 2.59. The maximum absolute atomic E-state index is 12.8. The third kappa shape index (κ3) is 6.03. The molecule has 2 unspecified atom stereocenters. The van der Waals surface area contributed by atoms with Crippen LogP contribution >= 0.6 is 0 Å². The Morgan fingerprint density at radius 3 is 1.60 bits per heavy atom. The molecule has 2 aromatic rings. The molecule has 2 rings (SSSR count). The molecular formula is C14H12F9N7. The van der Waals surface area contributed by atoms with E-state index >= 15 is 0 Å². The van der Waals surface area contributed by atoms with Gasteiger partial charge in [-0.1, -0.05) is 0 Å². The zero-order chi connectivity index (χ0) is 22.9. The maximum Gasteiger partial charge on any atom is 0.451 e. The summed E-state index contributed by atoms with van der Waals surface area (Å²) in [5.74, 6) is -3.95. The lowest BCUT2D eigenvalue weighted by Gasteiger charge is -2.20. The van der Waals surface area contributed by atoms with Gasteiger partial charge in [-0.05, 0) is 19.9 Å². The topological polar surface area (TPSA) is 88.5 Å². The zero-order valence-corrected chi connectivity index (χ0v) is 14.9. The van der Waals surface area contributed by atoms with Gasteiger partial charge < -0.3 is 10.6 Å². The molecule has 0 radical (unpaired) electrons. The van der Waals surface area contributed by atoms with Gasteiger partial charge in [0.05, 0.1) is 0 Å². The summed E-state index contributed by atoms with van der Waals surface area (Å²) < 4.78 is 115. The standard InChI is InChI=1S/C14H12F9N7/c1-5(12(15,16)17)25-10-28-8(7-3-4-24-9(27-7)14(21,22)23)29-11(30-10)26-6(2)13(18,19)20/h3-6H,1-2H3,(H2,25,26,28,29,30). The molecule has 2 aromatic heterocycles. The lowest BCUT2D eigenvalue weighted by Crippen LogP contribution is -2.35. The van der Waals surface area contributed by atoms with E-state index in [0.29, 0.717) is 20.0 Å². The Morgan fingerprint density at radius 2 is 1.20 bits per heavy atom. The van der Waals surface area contributed by atoms with Crippen LogP contribution in [-0.2, 0) is 6.18 Å². The van der Waals surface area contributed by atoms with Crippen molar-refractivity contribution in [3.05, 3.63) is 18.1 Å².